The van der Waals surface area contributed by atoms with Gasteiger partial charge in [0.05, 0.1) is 34.1 Å². The van der Waals surface area contributed by atoms with Gasteiger partial charge in [-0.15, -0.1) is 0 Å². The molecule has 148 valence electrons. The fraction of sp³-hybridized carbons (Fsp3) is 0.0400. The summed E-state index contributed by atoms with van der Waals surface area (Å²) in [5, 5.41) is 10.9. The third kappa shape index (κ3) is 3.43. The number of nitrogens with one attached hydrogen (secondary N) is 1. The molecule has 0 spiro atoms. The van der Waals surface area contributed by atoms with Crippen molar-refractivity contribution in [3.8, 4) is 28.5 Å². The van der Waals surface area contributed by atoms with E-state index in [1.54, 1.807) is 6.20 Å². The number of aromatic nitrogens is 3. The van der Waals surface area contributed by atoms with Crippen molar-refractivity contribution >= 4 is 33.5 Å². The molecule has 2 aromatic carbocycles. The molecule has 0 saturated carbocycles. The SMILES string of the molecule is N#CCc1cc(=O)c2cc(-c3cc(Cl)c4ncccc4c3)c(-c3ccccc3)nc2[nH]1. The summed E-state index contributed by atoms with van der Waals surface area (Å²) in [7, 11) is 0. The zero-order valence-electron chi connectivity index (χ0n) is 16.3. The average Bonchev–Trinajstić information content (AvgIpc) is 2.79. The molecule has 1 N–H and O–H groups in total. The Morgan fingerprint density at radius 2 is 1.84 bits per heavy atom. The Morgan fingerprint density at radius 1 is 1.00 bits per heavy atom. The van der Waals surface area contributed by atoms with Gasteiger partial charge in [-0.2, -0.15) is 5.26 Å². The summed E-state index contributed by atoms with van der Waals surface area (Å²) in [5.41, 5.74) is 4.81. The molecule has 5 aromatic rings. The van der Waals surface area contributed by atoms with Crippen LogP contribution in [0.25, 0.3) is 44.3 Å². The summed E-state index contributed by atoms with van der Waals surface area (Å²) in [6.45, 7) is 0. The summed E-state index contributed by atoms with van der Waals surface area (Å²) >= 11 is 6.53. The van der Waals surface area contributed by atoms with Gasteiger partial charge in [-0.25, -0.2) is 4.98 Å². The number of hydrogen-bond acceptors (Lipinski definition) is 4. The number of benzene rings is 2. The molecule has 3 aromatic heterocycles. The van der Waals surface area contributed by atoms with Gasteiger partial charge in [-0.1, -0.05) is 48.0 Å². The van der Waals surface area contributed by atoms with E-state index in [4.69, 9.17) is 21.8 Å². The van der Waals surface area contributed by atoms with Gasteiger partial charge in [-0.05, 0) is 29.8 Å². The minimum absolute atomic E-state index is 0.114. The average molecular weight is 423 g/mol. The van der Waals surface area contributed by atoms with Gasteiger partial charge >= 0.3 is 0 Å². The predicted octanol–water partition coefficient (Wildman–Crippen LogP) is 5.52. The number of aromatic amines is 1. The number of pyridine rings is 3. The van der Waals surface area contributed by atoms with Crippen LogP contribution in [0.4, 0.5) is 0 Å². The van der Waals surface area contributed by atoms with Gasteiger partial charge in [0.25, 0.3) is 0 Å². The van der Waals surface area contributed by atoms with Crippen molar-refractivity contribution in [1.29, 1.82) is 5.26 Å². The first-order valence-electron chi connectivity index (χ1n) is 9.68. The van der Waals surface area contributed by atoms with Crippen LogP contribution in [0.3, 0.4) is 0 Å². The molecule has 0 atom stereocenters. The molecule has 0 radical (unpaired) electrons. The Kier molecular flexibility index (Phi) is 4.70. The molecule has 31 heavy (non-hydrogen) atoms. The Bertz CT molecular complexity index is 1550. The highest BCUT2D eigenvalue weighted by molar-refractivity contribution is 6.35. The molecule has 5 rings (SSSR count). The molecule has 0 saturated heterocycles. The van der Waals surface area contributed by atoms with Gasteiger partial charge in [0.1, 0.15) is 5.65 Å². The van der Waals surface area contributed by atoms with Crippen molar-refractivity contribution in [3.05, 3.63) is 93.9 Å². The standard InChI is InChI=1S/C25H15ClN4O/c26-21-12-17(11-16-7-4-10-28-24(16)21)19-14-20-22(31)13-18(8-9-27)29-25(20)30-23(19)15-5-2-1-3-6-15/h1-7,10-14H,8H2,(H,29,30,31). The summed E-state index contributed by atoms with van der Waals surface area (Å²) in [6.07, 6.45) is 1.82. The third-order valence-electron chi connectivity index (χ3n) is 5.16. The van der Waals surface area contributed by atoms with Crippen LogP contribution in [-0.2, 0) is 6.42 Å². The van der Waals surface area contributed by atoms with Crippen LogP contribution in [0.2, 0.25) is 5.02 Å². The Morgan fingerprint density at radius 3 is 2.65 bits per heavy atom. The van der Waals surface area contributed by atoms with E-state index >= 15 is 0 Å². The van der Waals surface area contributed by atoms with Gasteiger partial charge in [0.15, 0.2) is 5.43 Å². The lowest BCUT2D eigenvalue weighted by Gasteiger charge is -2.13. The number of halogens is 1. The Balaban J connectivity index is 1.85. The van der Waals surface area contributed by atoms with Gasteiger partial charge in [-0.3, -0.25) is 9.78 Å². The highest BCUT2D eigenvalue weighted by Gasteiger charge is 2.15. The lowest BCUT2D eigenvalue weighted by atomic mass is 9.96. The van der Waals surface area contributed by atoms with Crippen LogP contribution in [0.15, 0.2) is 77.7 Å². The number of hydrogen-bond donors (Lipinski definition) is 1. The monoisotopic (exact) mass is 422 g/mol. The minimum atomic E-state index is -0.180. The van der Waals surface area contributed by atoms with Crippen LogP contribution < -0.4 is 5.43 Å². The van der Waals surface area contributed by atoms with E-state index in [9.17, 15) is 4.79 Å². The van der Waals surface area contributed by atoms with Crippen molar-refractivity contribution in [2.24, 2.45) is 0 Å². The fourth-order valence-corrected chi connectivity index (χ4v) is 4.02. The summed E-state index contributed by atoms with van der Waals surface area (Å²) in [6, 6.07) is 22.8. The molecule has 0 fully saturated rings. The molecule has 0 aliphatic rings. The van der Waals surface area contributed by atoms with Crippen LogP contribution in [0.5, 0.6) is 0 Å². The molecular formula is C25H15ClN4O. The zero-order valence-corrected chi connectivity index (χ0v) is 17.0. The van der Waals surface area contributed by atoms with E-state index in [2.05, 4.69) is 16.0 Å². The Labute approximate surface area is 182 Å². The van der Waals surface area contributed by atoms with Crippen LogP contribution >= 0.6 is 11.6 Å². The van der Waals surface area contributed by atoms with Crippen molar-refractivity contribution in [2.45, 2.75) is 6.42 Å². The normalized spacial score (nSPS) is 11.0. The van der Waals surface area contributed by atoms with Crippen molar-refractivity contribution in [2.75, 3.05) is 0 Å². The molecule has 0 aliphatic carbocycles. The van der Waals surface area contributed by atoms with Crippen LogP contribution in [0.1, 0.15) is 5.69 Å². The molecule has 0 bridgehead atoms. The first-order valence-corrected chi connectivity index (χ1v) is 10.1. The summed E-state index contributed by atoms with van der Waals surface area (Å²) in [4.78, 5) is 25.1. The van der Waals surface area contributed by atoms with E-state index < -0.39 is 0 Å². The van der Waals surface area contributed by atoms with Gasteiger partial charge < -0.3 is 4.98 Å². The maximum Gasteiger partial charge on any atom is 0.191 e. The minimum Gasteiger partial charge on any atom is -0.342 e. The summed E-state index contributed by atoms with van der Waals surface area (Å²) in [5.74, 6) is 0. The van der Waals surface area contributed by atoms with Crippen LogP contribution in [-0.4, -0.2) is 15.0 Å². The second-order valence-electron chi connectivity index (χ2n) is 7.17. The lowest BCUT2D eigenvalue weighted by molar-refractivity contribution is 1.12. The number of nitrogens with zero attached hydrogens (tertiary/aromatic N) is 3. The quantitative estimate of drug-likeness (QED) is 0.414. The predicted molar refractivity (Wildman–Crippen MR) is 123 cm³/mol. The van der Waals surface area contributed by atoms with Crippen molar-refractivity contribution < 1.29 is 0 Å². The third-order valence-corrected chi connectivity index (χ3v) is 5.45. The van der Waals surface area contributed by atoms with E-state index in [0.29, 0.717) is 21.7 Å². The molecular weight excluding hydrogens is 408 g/mol. The lowest BCUT2D eigenvalue weighted by Crippen LogP contribution is -2.07. The number of H-pyrrole nitrogens is 1. The molecule has 5 nitrogen and oxygen atoms in total. The first-order chi connectivity index (χ1) is 15.1. The highest BCUT2D eigenvalue weighted by atomic mass is 35.5. The Hall–Kier alpha value is -4.01. The van der Waals surface area contributed by atoms with Gasteiger partial charge in [0, 0.05) is 34.5 Å². The number of nitriles is 1. The number of rotatable bonds is 3. The molecule has 0 unspecified atom stereocenters. The smallest absolute Gasteiger partial charge is 0.191 e. The van der Waals surface area contributed by atoms with Gasteiger partial charge in [0.2, 0.25) is 0 Å². The highest BCUT2D eigenvalue weighted by Crippen LogP contribution is 2.36. The summed E-state index contributed by atoms with van der Waals surface area (Å²) < 4.78 is 0. The number of fused-ring (bicyclic) bond motifs is 2. The van der Waals surface area contributed by atoms with Crippen molar-refractivity contribution in [1.82, 2.24) is 15.0 Å². The van der Waals surface area contributed by atoms with E-state index in [1.807, 2.05) is 60.7 Å². The van der Waals surface area contributed by atoms with Crippen LogP contribution in [0, 0.1) is 11.3 Å². The largest absolute Gasteiger partial charge is 0.342 e. The van der Waals surface area contributed by atoms with Crippen molar-refractivity contribution in [3.63, 3.8) is 0 Å². The maximum atomic E-state index is 12.8. The zero-order chi connectivity index (χ0) is 21.4. The van der Waals surface area contributed by atoms with E-state index in [0.717, 1.165) is 33.3 Å². The van der Waals surface area contributed by atoms with E-state index in [-0.39, 0.29) is 11.8 Å². The fourth-order valence-electron chi connectivity index (χ4n) is 3.74. The molecule has 3 heterocycles. The molecule has 0 amide bonds. The second kappa shape index (κ2) is 7.67. The maximum absolute atomic E-state index is 12.8. The first kappa shape index (κ1) is 19.0. The second-order valence-corrected chi connectivity index (χ2v) is 7.58. The van der Waals surface area contributed by atoms with E-state index in [1.165, 1.54) is 6.07 Å². The molecule has 0 aliphatic heterocycles. The topological polar surface area (TPSA) is 82.4 Å². The molecule has 6 heteroatoms.